The largest absolute Gasteiger partial charge is 0.421 e. The first-order chi connectivity index (χ1) is 15.5. The van der Waals surface area contributed by atoms with Gasteiger partial charge in [-0.15, -0.1) is 0 Å². The second-order valence-electron chi connectivity index (χ2n) is 7.24. The van der Waals surface area contributed by atoms with Crippen molar-refractivity contribution in [3.05, 3.63) is 57.8 Å². The van der Waals surface area contributed by atoms with Gasteiger partial charge in [0.25, 0.3) is 11.5 Å². The molecule has 1 aliphatic rings. The lowest BCUT2D eigenvalue weighted by atomic mass is 10.1. The number of anilines is 2. The van der Waals surface area contributed by atoms with Crippen molar-refractivity contribution in [1.29, 1.82) is 0 Å². The number of carbonyl (C=O) groups excluding carboxylic acids is 2. The average Bonchev–Trinajstić information content (AvgIpc) is 2.77. The summed E-state index contributed by atoms with van der Waals surface area (Å²) in [5.74, 6) is -0.326. The monoisotopic (exact) mass is 466 g/mol. The Morgan fingerprint density at radius 2 is 1.97 bits per heavy atom. The predicted octanol–water partition coefficient (Wildman–Crippen LogP) is 2.09. The van der Waals surface area contributed by atoms with E-state index in [4.69, 9.17) is 4.84 Å². The highest BCUT2D eigenvalue weighted by Crippen LogP contribution is 2.28. The van der Waals surface area contributed by atoms with Gasteiger partial charge in [-0.3, -0.25) is 19.2 Å². The van der Waals surface area contributed by atoms with Gasteiger partial charge in [0.15, 0.2) is 0 Å². The van der Waals surface area contributed by atoms with E-state index in [0.29, 0.717) is 42.8 Å². The van der Waals surface area contributed by atoms with Crippen LogP contribution in [0.5, 0.6) is 0 Å². The molecule has 2 aromatic heterocycles. The fourth-order valence-corrected chi connectivity index (χ4v) is 3.03. The third-order valence-electron chi connectivity index (χ3n) is 4.77. The number of H-pyrrole nitrogens is 1. The van der Waals surface area contributed by atoms with Crippen molar-refractivity contribution in [2.75, 3.05) is 23.3 Å². The second kappa shape index (κ2) is 9.81. The quantitative estimate of drug-likeness (QED) is 0.556. The maximum atomic E-state index is 12.9. The van der Waals surface area contributed by atoms with E-state index in [2.05, 4.69) is 20.8 Å². The van der Waals surface area contributed by atoms with Gasteiger partial charge in [-0.1, -0.05) is 6.08 Å². The number of aromatic amines is 1. The van der Waals surface area contributed by atoms with Gasteiger partial charge in [0.1, 0.15) is 11.7 Å². The van der Waals surface area contributed by atoms with Crippen LogP contribution in [0, 0.1) is 0 Å². The van der Waals surface area contributed by atoms with E-state index in [-0.39, 0.29) is 11.5 Å². The number of hydroxylamine groups is 1. The lowest BCUT2D eigenvalue weighted by Gasteiger charge is -2.26. The number of pyridine rings is 1. The van der Waals surface area contributed by atoms with Crippen LogP contribution < -0.4 is 21.3 Å². The lowest BCUT2D eigenvalue weighted by molar-refractivity contribution is -0.139. The fourth-order valence-electron chi connectivity index (χ4n) is 3.03. The highest BCUT2D eigenvalue weighted by atomic mass is 19.4. The summed E-state index contributed by atoms with van der Waals surface area (Å²) in [7, 11) is 0. The standard InChI is InChI=1S/C20H21F3N6O4/c1-11(14-7-16(20(21,22)23)18(32)24-8-14)33-28-17(31)13-3-5-29(6-4-13)19-25-9-15(10-26-19)27-12(2)30/h3,7-11H,4-6H2,1-2H3,(H,24,32)(H,27,30)(H,28,31). The summed E-state index contributed by atoms with van der Waals surface area (Å²) < 4.78 is 38.7. The fraction of sp³-hybridized carbons (Fsp3) is 0.350. The van der Waals surface area contributed by atoms with Gasteiger partial charge < -0.3 is 15.2 Å². The van der Waals surface area contributed by atoms with Gasteiger partial charge in [0.2, 0.25) is 11.9 Å². The van der Waals surface area contributed by atoms with Crippen molar-refractivity contribution in [3.8, 4) is 0 Å². The van der Waals surface area contributed by atoms with E-state index >= 15 is 0 Å². The molecule has 3 heterocycles. The van der Waals surface area contributed by atoms with Crippen molar-refractivity contribution in [2.24, 2.45) is 0 Å². The number of aromatic nitrogens is 3. The molecule has 1 atom stereocenters. The number of carbonyl (C=O) groups is 2. The maximum absolute atomic E-state index is 12.9. The molecule has 3 rings (SSSR count). The molecular weight excluding hydrogens is 445 g/mol. The summed E-state index contributed by atoms with van der Waals surface area (Å²) in [4.78, 5) is 52.2. The molecule has 0 aromatic carbocycles. The van der Waals surface area contributed by atoms with Crippen molar-refractivity contribution in [3.63, 3.8) is 0 Å². The third kappa shape index (κ3) is 6.16. The Labute approximate surface area is 185 Å². The Hall–Kier alpha value is -3.74. The van der Waals surface area contributed by atoms with Crippen molar-refractivity contribution < 1.29 is 27.6 Å². The maximum Gasteiger partial charge on any atom is 0.421 e. The molecular formula is C20H21F3N6O4. The molecule has 13 heteroatoms. The Balaban J connectivity index is 1.56. The number of halogens is 3. The molecule has 0 fully saturated rings. The number of hydrogen-bond acceptors (Lipinski definition) is 7. The third-order valence-corrected chi connectivity index (χ3v) is 4.77. The van der Waals surface area contributed by atoms with Crippen molar-refractivity contribution in [1.82, 2.24) is 20.4 Å². The number of alkyl halides is 3. The Kier molecular flexibility index (Phi) is 7.11. The minimum Gasteiger partial charge on any atom is -0.337 e. The van der Waals surface area contributed by atoms with Gasteiger partial charge in [-0.25, -0.2) is 15.4 Å². The number of amides is 2. The van der Waals surface area contributed by atoms with E-state index in [1.807, 2.05) is 9.88 Å². The minimum absolute atomic E-state index is 0.0471. The first kappa shape index (κ1) is 23.9. The molecule has 2 aromatic rings. The summed E-state index contributed by atoms with van der Waals surface area (Å²) in [5.41, 5.74) is 0.584. The van der Waals surface area contributed by atoms with Gasteiger partial charge in [0, 0.05) is 37.3 Å². The Bertz CT molecular complexity index is 1110. The summed E-state index contributed by atoms with van der Waals surface area (Å²) in [6.45, 7) is 3.61. The summed E-state index contributed by atoms with van der Waals surface area (Å²) in [6, 6.07) is 0.685. The zero-order valence-corrected chi connectivity index (χ0v) is 17.7. The van der Waals surface area contributed by atoms with Crippen LogP contribution >= 0.6 is 0 Å². The molecule has 0 saturated carbocycles. The van der Waals surface area contributed by atoms with E-state index in [0.717, 1.165) is 6.20 Å². The smallest absolute Gasteiger partial charge is 0.337 e. The topological polar surface area (TPSA) is 129 Å². The van der Waals surface area contributed by atoms with E-state index in [9.17, 15) is 27.6 Å². The Morgan fingerprint density at radius 1 is 1.27 bits per heavy atom. The molecule has 3 N–H and O–H groups in total. The minimum atomic E-state index is -4.81. The lowest BCUT2D eigenvalue weighted by Crippen LogP contribution is -2.35. The van der Waals surface area contributed by atoms with E-state index < -0.39 is 29.3 Å². The van der Waals surface area contributed by atoms with Crippen LogP contribution in [-0.4, -0.2) is 39.9 Å². The molecule has 0 bridgehead atoms. The van der Waals surface area contributed by atoms with E-state index in [1.165, 1.54) is 26.2 Å². The zero-order valence-electron chi connectivity index (χ0n) is 17.7. The van der Waals surface area contributed by atoms with Crippen LogP contribution in [0.2, 0.25) is 0 Å². The molecule has 0 saturated heterocycles. The molecule has 0 spiro atoms. The highest BCUT2D eigenvalue weighted by molar-refractivity contribution is 5.93. The van der Waals surface area contributed by atoms with Gasteiger partial charge >= 0.3 is 6.18 Å². The highest BCUT2D eigenvalue weighted by Gasteiger charge is 2.34. The molecule has 0 radical (unpaired) electrons. The van der Waals surface area contributed by atoms with Crippen LogP contribution in [0.25, 0.3) is 0 Å². The summed E-state index contributed by atoms with van der Waals surface area (Å²) >= 11 is 0. The molecule has 1 unspecified atom stereocenters. The van der Waals surface area contributed by atoms with Crippen molar-refractivity contribution >= 4 is 23.5 Å². The van der Waals surface area contributed by atoms with E-state index in [1.54, 1.807) is 6.08 Å². The molecule has 0 aliphatic carbocycles. The second-order valence-corrected chi connectivity index (χ2v) is 7.24. The van der Waals surface area contributed by atoms with Crippen LogP contribution in [0.15, 0.2) is 41.1 Å². The van der Waals surface area contributed by atoms with Crippen LogP contribution in [0.3, 0.4) is 0 Å². The van der Waals surface area contributed by atoms with Crippen LogP contribution in [-0.2, 0) is 20.6 Å². The Morgan fingerprint density at radius 3 is 2.55 bits per heavy atom. The van der Waals surface area contributed by atoms with Gasteiger partial charge in [-0.2, -0.15) is 13.2 Å². The molecule has 10 nitrogen and oxygen atoms in total. The van der Waals surface area contributed by atoms with Crippen LogP contribution in [0.4, 0.5) is 24.8 Å². The number of rotatable bonds is 6. The molecule has 176 valence electrons. The van der Waals surface area contributed by atoms with Crippen LogP contribution in [0.1, 0.15) is 37.5 Å². The molecule has 2 amide bonds. The first-order valence-corrected chi connectivity index (χ1v) is 9.84. The molecule has 1 aliphatic heterocycles. The van der Waals surface area contributed by atoms with Gasteiger partial charge in [-0.05, 0) is 19.4 Å². The zero-order chi connectivity index (χ0) is 24.2. The number of nitrogens with zero attached hydrogens (tertiary/aromatic N) is 3. The normalized spacial score (nSPS) is 14.9. The van der Waals surface area contributed by atoms with Crippen molar-refractivity contribution in [2.45, 2.75) is 32.5 Å². The number of nitrogens with one attached hydrogen (secondary N) is 3. The SMILES string of the molecule is CC(=O)Nc1cnc(N2CC=C(C(=O)NOC(C)c3c[nH]c(=O)c(C(F)(F)F)c3)CC2)nc1. The first-order valence-electron chi connectivity index (χ1n) is 9.84. The average molecular weight is 466 g/mol. The van der Waals surface area contributed by atoms with Gasteiger partial charge in [0.05, 0.1) is 18.1 Å². The number of hydrogen-bond donors (Lipinski definition) is 3. The summed E-state index contributed by atoms with van der Waals surface area (Å²) in [6.07, 6.45) is 0.334. The summed E-state index contributed by atoms with van der Waals surface area (Å²) in [5, 5.41) is 2.57. The predicted molar refractivity (Wildman–Crippen MR) is 111 cm³/mol. The molecule has 33 heavy (non-hydrogen) atoms.